The Kier molecular flexibility index (Phi) is 4.07. The molecule has 7 nitrogen and oxygen atoms in total. The van der Waals surface area contributed by atoms with Gasteiger partial charge in [-0.2, -0.15) is 15.1 Å². The van der Waals surface area contributed by atoms with Gasteiger partial charge in [0.1, 0.15) is 11.6 Å². The third-order valence-electron chi connectivity index (χ3n) is 3.44. The van der Waals surface area contributed by atoms with Gasteiger partial charge in [-0.15, -0.1) is 0 Å². The van der Waals surface area contributed by atoms with Gasteiger partial charge >= 0.3 is 0 Å². The Hall–Kier alpha value is -2.74. The van der Waals surface area contributed by atoms with Crippen molar-refractivity contribution >= 4 is 28.5 Å². The molecule has 0 atom stereocenters. The van der Waals surface area contributed by atoms with Crippen LogP contribution < -0.4 is 10.6 Å². The van der Waals surface area contributed by atoms with Crippen molar-refractivity contribution in [2.75, 3.05) is 23.8 Å². The highest BCUT2D eigenvalue weighted by Crippen LogP contribution is 2.24. The Bertz CT molecular complexity index is 847. The van der Waals surface area contributed by atoms with Crippen LogP contribution in [0.25, 0.3) is 11.0 Å². The topological polar surface area (TPSA) is 87.9 Å². The molecule has 0 radical (unpaired) electrons. The Labute approximate surface area is 132 Å². The number of nitrogens with one attached hydrogen (secondary N) is 2. The minimum absolute atomic E-state index is 0.0163. The van der Waals surface area contributed by atoms with E-state index in [4.69, 9.17) is 5.11 Å². The number of rotatable bonds is 5. The van der Waals surface area contributed by atoms with Crippen LogP contribution in [0.3, 0.4) is 0 Å². The van der Waals surface area contributed by atoms with E-state index in [1.807, 2.05) is 6.92 Å². The van der Waals surface area contributed by atoms with Crippen molar-refractivity contribution in [3.8, 4) is 0 Å². The second-order valence-electron chi connectivity index (χ2n) is 5.14. The van der Waals surface area contributed by atoms with Crippen molar-refractivity contribution < 1.29 is 9.50 Å². The molecular weight excluding hydrogens is 299 g/mol. The number of hydrogen-bond donors (Lipinski definition) is 3. The third-order valence-corrected chi connectivity index (χ3v) is 3.44. The molecule has 3 N–H and O–H groups in total. The maximum Gasteiger partial charge on any atom is 0.231 e. The maximum atomic E-state index is 13.4. The molecule has 2 aromatic heterocycles. The second-order valence-corrected chi connectivity index (χ2v) is 5.14. The number of hydrogen-bond acceptors (Lipinski definition) is 6. The van der Waals surface area contributed by atoms with Crippen LogP contribution in [-0.2, 0) is 7.05 Å². The highest BCUT2D eigenvalue weighted by molar-refractivity contribution is 5.87. The molecule has 0 aliphatic heterocycles. The molecule has 8 heteroatoms. The van der Waals surface area contributed by atoms with Crippen LogP contribution in [0.1, 0.15) is 5.56 Å². The van der Waals surface area contributed by atoms with Crippen LogP contribution in [0.2, 0.25) is 0 Å². The average molecular weight is 316 g/mol. The molecule has 3 rings (SSSR count). The highest BCUT2D eigenvalue weighted by Gasteiger charge is 2.12. The molecule has 3 aromatic rings. The van der Waals surface area contributed by atoms with Crippen molar-refractivity contribution in [3.63, 3.8) is 0 Å². The van der Waals surface area contributed by atoms with E-state index in [0.717, 1.165) is 10.9 Å². The zero-order valence-electron chi connectivity index (χ0n) is 12.8. The van der Waals surface area contributed by atoms with Gasteiger partial charge in [0.05, 0.1) is 18.2 Å². The van der Waals surface area contributed by atoms with Crippen LogP contribution in [0.4, 0.5) is 21.8 Å². The van der Waals surface area contributed by atoms with Crippen LogP contribution >= 0.6 is 0 Å². The summed E-state index contributed by atoms with van der Waals surface area (Å²) < 4.78 is 15.1. The number of anilines is 3. The van der Waals surface area contributed by atoms with E-state index in [1.165, 1.54) is 12.1 Å². The zero-order chi connectivity index (χ0) is 16.4. The normalized spacial score (nSPS) is 11.0. The van der Waals surface area contributed by atoms with Gasteiger partial charge < -0.3 is 15.7 Å². The van der Waals surface area contributed by atoms with Gasteiger partial charge in [0.2, 0.25) is 5.95 Å². The average Bonchev–Trinajstić information content (AvgIpc) is 2.90. The first kappa shape index (κ1) is 15.2. The Morgan fingerprint density at radius 2 is 2.13 bits per heavy atom. The fraction of sp³-hybridized carbons (Fsp3) is 0.267. The molecule has 120 valence electrons. The summed E-state index contributed by atoms with van der Waals surface area (Å²) in [6, 6.07) is 4.48. The quantitative estimate of drug-likeness (QED) is 0.667. The van der Waals surface area contributed by atoms with E-state index >= 15 is 0 Å². The predicted molar refractivity (Wildman–Crippen MR) is 86.3 cm³/mol. The van der Waals surface area contributed by atoms with Crippen LogP contribution in [0.15, 0.2) is 24.4 Å². The van der Waals surface area contributed by atoms with E-state index < -0.39 is 0 Å². The molecule has 23 heavy (non-hydrogen) atoms. The summed E-state index contributed by atoms with van der Waals surface area (Å²) in [6.45, 7) is 2.21. The number of fused-ring (bicyclic) bond motifs is 1. The first-order valence-corrected chi connectivity index (χ1v) is 7.16. The number of benzene rings is 1. The van der Waals surface area contributed by atoms with Gasteiger partial charge in [-0.3, -0.25) is 4.68 Å². The van der Waals surface area contributed by atoms with Crippen LogP contribution in [-0.4, -0.2) is 38.0 Å². The number of nitrogens with zero attached hydrogens (tertiary/aromatic N) is 4. The lowest BCUT2D eigenvalue weighted by molar-refractivity contribution is 0.311. The van der Waals surface area contributed by atoms with Gasteiger partial charge in [0.15, 0.2) is 5.65 Å². The first-order valence-electron chi connectivity index (χ1n) is 7.16. The van der Waals surface area contributed by atoms with E-state index in [0.29, 0.717) is 29.6 Å². The summed E-state index contributed by atoms with van der Waals surface area (Å²) in [5.74, 6) is 0.558. The van der Waals surface area contributed by atoms with Gasteiger partial charge in [-0.05, 0) is 24.6 Å². The molecule has 0 spiro atoms. The largest absolute Gasteiger partial charge is 0.395 e. The lowest BCUT2D eigenvalue weighted by Crippen LogP contribution is -2.09. The molecule has 0 fully saturated rings. The van der Waals surface area contributed by atoms with Crippen molar-refractivity contribution in [1.82, 2.24) is 19.7 Å². The van der Waals surface area contributed by atoms with Crippen molar-refractivity contribution in [3.05, 3.63) is 35.8 Å². The number of aryl methyl sites for hydroxylation is 2. The minimum atomic E-state index is -0.335. The summed E-state index contributed by atoms with van der Waals surface area (Å²) in [6.07, 6.45) is 1.66. The summed E-state index contributed by atoms with van der Waals surface area (Å²) in [5, 5.41) is 20.0. The Balaban J connectivity index is 2.03. The van der Waals surface area contributed by atoms with E-state index in [-0.39, 0.29) is 12.4 Å². The van der Waals surface area contributed by atoms with E-state index in [2.05, 4.69) is 25.7 Å². The van der Waals surface area contributed by atoms with Crippen LogP contribution in [0, 0.1) is 12.7 Å². The molecule has 2 heterocycles. The van der Waals surface area contributed by atoms with Crippen molar-refractivity contribution in [1.29, 1.82) is 0 Å². The van der Waals surface area contributed by atoms with Gasteiger partial charge in [0.25, 0.3) is 0 Å². The number of aliphatic hydroxyl groups excluding tert-OH is 1. The molecule has 0 aliphatic rings. The SMILES string of the molecule is Cc1ccc(F)cc1Nc1nc(NCCO)c2cnn(C)c2n1. The minimum Gasteiger partial charge on any atom is -0.395 e. The first-order chi connectivity index (χ1) is 11.1. The number of aliphatic hydroxyl groups is 1. The fourth-order valence-electron chi connectivity index (χ4n) is 2.24. The second kappa shape index (κ2) is 6.17. The third kappa shape index (κ3) is 3.07. The predicted octanol–water partition coefficient (Wildman–Crippen LogP) is 1.96. The maximum absolute atomic E-state index is 13.4. The summed E-state index contributed by atoms with van der Waals surface area (Å²) in [4.78, 5) is 8.82. The van der Waals surface area contributed by atoms with Gasteiger partial charge in [0, 0.05) is 19.3 Å². The Morgan fingerprint density at radius 1 is 1.30 bits per heavy atom. The molecular formula is C15H17FN6O. The zero-order valence-corrected chi connectivity index (χ0v) is 12.8. The smallest absolute Gasteiger partial charge is 0.231 e. The highest BCUT2D eigenvalue weighted by atomic mass is 19.1. The molecule has 0 bridgehead atoms. The molecule has 0 saturated carbocycles. The molecule has 0 saturated heterocycles. The number of aromatic nitrogens is 4. The van der Waals surface area contributed by atoms with Gasteiger partial charge in [-0.25, -0.2) is 4.39 Å². The summed E-state index contributed by atoms with van der Waals surface area (Å²) in [5.41, 5.74) is 2.11. The fourth-order valence-corrected chi connectivity index (χ4v) is 2.24. The molecule has 1 aromatic carbocycles. The van der Waals surface area contributed by atoms with Gasteiger partial charge in [-0.1, -0.05) is 6.07 Å². The Morgan fingerprint density at radius 3 is 2.91 bits per heavy atom. The molecule has 0 aliphatic carbocycles. The summed E-state index contributed by atoms with van der Waals surface area (Å²) in [7, 11) is 1.78. The lowest BCUT2D eigenvalue weighted by atomic mass is 10.2. The molecule has 0 unspecified atom stereocenters. The van der Waals surface area contributed by atoms with Crippen molar-refractivity contribution in [2.45, 2.75) is 6.92 Å². The van der Waals surface area contributed by atoms with E-state index in [1.54, 1.807) is 24.0 Å². The lowest BCUT2D eigenvalue weighted by Gasteiger charge is -2.11. The van der Waals surface area contributed by atoms with Crippen LogP contribution in [0.5, 0.6) is 0 Å². The molecule has 0 amide bonds. The van der Waals surface area contributed by atoms with Crippen molar-refractivity contribution in [2.24, 2.45) is 7.05 Å². The van der Waals surface area contributed by atoms with E-state index in [9.17, 15) is 4.39 Å². The summed E-state index contributed by atoms with van der Waals surface area (Å²) >= 11 is 0. The number of halogens is 1. The standard InChI is InChI=1S/C15H17FN6O/c1-9-3-4-10(16)7-12(9)19-15-20-13(17-5-6-23)11-8-18-22(2)14(11)21-15/h3-4,7-8,23H,5-6H2,1-2H3,(H2,17,19,20,21). The monoisotopic (exact) mass is 316 g/mol.